The molecule has 4 N–H and O–H groups in total. The van der Waals surface area contributed by atoms with Crippen molar-refractivity contribution >= 4 is 27.6 Å². The van der Waals surface area contributed by atoms with Crippen LogP contribution in [0.3, 0.4) is 0 Å². The topological polar surface area (TPSA) is 119 Å². The molecular formula is C9H12N2O5S. The third-order valence-electron chi connectivity index (χ3n) is 1.80. The Morgan fingerprint density at radius 3 is 2.71 bits per heavy atom. The van der Waals surface area contributed by atoms with Gasteiger partial charge in [-0.05, 0) is 25.1 Å². The summed E-state index contributed by atoms with van der Waals surface area (Å²) in [5.74, 6) is 0. The zero-order chi connectivity index (χ0) is 13.1. The van der Waals surface area contributed by atoms with Crippen molar-refractivity contribution in [3.8, 4) is 0 Å². The van der Waals surface area contributed by atoms with Crippen molar-refractivity contribution in [2.75, 3.05) is 17.7 Å². The Balaban J connectivity index is 3.12. The van der Waals surface area contributed by atoms with E-state index < -0.39 is 21.1 Å². The molecule has 0 fully saturated rings. The van der Waals surface area contributed by atoms with Gasteiger partial charge in [0.2, 0.25) is 0 Å². The molecule has 0 saturated heterocycles. The predicted molar refractivity (Wildman–Crippen MR) is 61.3 cm³/mol. The van der Waals surface area contributed by atoms with Crippen molar-refractivity contribution in [1.82, 2.24) is 0 Å². The second-order valence-electron chi connectivity index (χ2n) is 3.08. The second-order valence-corrected chi connectivity index (χ2v) is 4.47. The fraction of sp³-hybridized carbons (Fsp3) is 0.222. The van der Waals surface area contributed by atoms with Crippen LogP contribution in [-0.2, 0) is 14.9 Å². The monoisotopic (exact) mass is 260 g/mol. The predicted octanol–water partition coefficient (Wildman–Crippen LogP) is 1.08. The lowest BCUT2D eigenvalue weighted by Crippen LogP contribution is -2.16. The standard InChI is InChI=1S/C9H12N2O5S/c1-2-16-9(12)11-7-4-3-6(10)5-8(7)17(13,14)15/h3-5H,2,10H2,1H3,(H,11,12)(H,13,14,15). The minimum absolute atomic E-state index is 0.0971. The van der Waals surface area contributed by atoms with Crippen molar-refractivity contribution < 1.29 is 22.5 Å². The van der Waals surface area contributed by atoms with Gasteiger partial charge in [-0.2, -0.15) is 8.42 Å². The van der Waals surface area contributed by atoms with Gasteiger partial charge in [0.1, 0.15) is 4.90 Å². The second kappa shape index (κ2) is 5.02. The number of nitrogen functional groups attached to an aromatic ring is 1. The van der Waals surface area contributed by atoms with Crippen LogP contribution in [0.1, 0.15) is 6.92 Å². The highest BCUT2D eigenvalue weighted by molar-refractivity contribution is 7.86. The molecule has 0 saturated carbocycles. The molecule has 0 aliphatic carbocycles. The lowest BCUT2D eigenvalue weighted by atomic mass is 10.3. The minimum Gasteiger partial charge on any atom is -0.450 e. The average Bonchev–Trinajstić information content (AvgIpc) is 2.19. The normalized spacial score (nSPS) is 10.9. The van der Waals surface area contributed by atoms with E-state index in [0.29, 0.717) is 0 Å². The zero-order valence-corrected chi connectivity index (χ0v) is 9.82. The van der Waals surface area contributed by atoms with E-state index in [1.165, 1.54) is 12.1 Å². The van der Waals surface area contributed by atoms with Gasteiger partial charge in [0.15, 0.2) is 0 Å². The summed E-state index contributed by atoms with van der Waals surface area (Å²) in [5, 5.41) is 2.19. The molecule has 0 unspecified atom stereocenters. The Hall–Kier alpha value is -1.80. The molecule has 8 heteroatoms. The SMILES string of the molecule is CCOC(=O)Nc1ccc(N)cc1S(=O)(=O)O. The number of carbonyl (C=O) groups is 1. The maximum Gasteiger partial charge on any atom is 0.411 e. The third-order valence-corrected chi connectivity index (χ3v) is 2.69. The van der Waals surface area contributed by atoms with Gasteiger partial charge in [-0.15, -0.1) is 0 Å². The summed E-state index contributed by atoms with van der Waals surface area (Å²) in [7, 11) is -4.47. The number of amides is 1. The quantitative estimate of drug-likeness (QED) is 0.552. The molecule has 0 heterocycles. The Kier molecular flexibility index (Phi) is 3.92. The Morgan fingerprint density at radius 1 is 1.53 bits per heavy atom. The van der Waals surface area contributed by atoms with E-state index >= 15 is 0 Å². The molecular weight excluding hydrogens is 248 g/mol. The number of benzene rings is 1. The largest absolute Gasteiger partial charge is 0.450 e. The van der Waals surface area contributed by atoms with Gasteiger partial charge in [0.05, 0.1) is 12.3 Å². The highest BCUT2D eigenvalue weighted by Gasteiger charge is 2.17. The van der Waals surface area contributed by atoms with Gasteiger partial charge < -0.3 is 10.5 Å². The number of anilines is 2. The zero-order valence-electron chi connectivity index (χ0n) is 9.00. The highest BCUT2D eigenvalue weighted by Crippen LogP contribution is 2.23. The molecule has 1 aromatic carbocycles. The summed E-state index contributed by atoms with van der Waals surface area (Å²) in [6, 6.07) is 3.68. The Bertz CT molecular complexity index is 526. The Morgan fingerprint density at radius 2 is 2.18 bits per heavy atom. The molecule has 0 aromatic heterocycles. The van der Waals surface area contributed by atoms with Gasteiger partial charge >= 0.3 is 6.09 Å². The number of hydrogen-bond donors (Lipinski definition) is 3. The molecule has 1 aromatic rings. The van der Waals surface area contributed by atoms with Crippen LogP contribution in [0, 0.1) is 0 Å². The first-order chi connectivity index (χ1) is 7.84. The van der Waals surface area contributed by atoms with Crippen LogP contribution in [0.5, 0.6) is 0 Å². The van der Waals surface area contributed by atoms with Gasteiger partial charge in [0, 0.05) is 5.69 Å². The summed E-state index contributed by atoms with van der Waals surface area (Å²) in [6.45, 7) is 1.74. The number of nitrogens with two attached hydrogens (primary N) is 1. The molecule has 1 rings (SSSR count). The van der Waals surface area contributed by atoms with E-state index in [1.54, 1.807) is 6.92 Å². The van der Waals surface area contributed by atoms with Crippen LogP contribution < -0.4 is 11.1 Å². The molecule has 0 bridgehead atoms. The Labute approximate surface area is 98.3 Å². The first-order valence-corrected chi connectivity index (χ1v) is 6.09. The number of rotatable bonds is 3. The van der Waals surface area contributed by atoms with Crippen LogP contribution in [-0.4, -0.2) is 25.7 Å². The summed E-state index contributed by atoms with van der Waals surface area (Å²) in [6.07, 6.45) is -0.817. The maximum absolute atomic E-state index is 11.1. The molecule has 94 valence electrons. The minimum atomic E-state index is -4.47. The van der Waals surface area contributed by atoms with Crippen LogP contribution in [0.4, 0.5) is 16.2 Å². The van der Waals surface area contributed by atoms with Gasteiger partial charge in [-0.3, -0.25) is 9.87 Å². The van der Waals surface area contributed by atoms with Crippen molar-refractivity contribution in [2.45, 2.75) is 11.8 Å². The third kappa shape index (κ3) is 3.61. The van der Waals surface area contributed by atoms with Crippen LogP contribution in [0.25, 0.3) is 0 Å². The van der Waals surface area contributed by atoms with Gasteiger partial charge in [-0.25, -0.2) is 4.79 Å². The molecule has 1 amide bonds. The lowest BCUT2D eigenvalue weighted by molar-refractivity contribution is 0.168. The number of ether oxygens (including phenoxy) is 1. The number of nitrogens with one attached hydrogen (secondary N) is 1. The van der Waals surface area contributed by atoms with E-state index in [1.807, 2.05) is 0 Å². The van der Waals surface area contributed by atoms with E-state index in [2.05, 4.69) is 10.1 Å². The van der Waals surface area contributed by atoms with Gasteiger partial charge in [0.25, 0.3) is 10.1 Å². The number of hydrogen-bond acceptors (Lipinski definition) is 5. The van der Waals surface area contributed by atoms with E-state index in [4.69, 9.17) is 10.3 Å². The first-order valence-electron chi connectivity index (χ1n) is 4.65. The van der Waals surface area contributed by atoms with Crippen molar-refractivity contribution in [3.05, 3.63) is 18.2 Å². The average molecular weight is 260 g/mol. The van der Waals surface area contributed by atoms with Crippen LogP contribution >= 0.6 is 0 Å². The maximum atomic E-state index is 11.1. The molecule has 0 aliphatic rings. The summed E-state index contributed by atoms with van der Waals surface area (Å²) in [4.78, 5) is 10.7. The van der Waals surface area contributed by atoms with E-state index in [-0.39, 0.29) is 18.0 Å². The summed E-state index contributed by atoms with van der Waals surface area (Å²) < 4.78 is 35.7. The summed E-state index contributed by atoms with van der Waals surface area (Å²) in [5.41, 5.74) is 5.44. The molecule has 0 radical (unpaired) electrons. The fourth-order valence-electron chi connectivity index (χ4n) is 1.13. The molecule has 17 heavy (non-hydrogen) atoms. The fourth-order valence-corrected chi connectivity index (χ4v) is 1.81. The number of carbonyl (C=O) groups excluding carboxylic acids is 1. The molecule has 0 aliphatic heterocycles. The van der Waals surface area contributed by atoms with Crippen LogP contribution in [0.15, 0.2) is 23.1 Å². The van der Waals surface area contributed by atoms with Crippen molar-refractivity contribution in [1.29, 1.82) is 0 Å². The van der Waals surface area contributed by atoms with Crippen molar-refractivity contribution in [2.24, 2.45) is 0 Å². The van der Waals surface area contributed by atoms with E-state index in [0.717, 1.165) is 6.07 Å². The van der Waals surface area contributed by atoms with Crippen LogP contribution in [0.2, 0.25) is 0 Å². The van der Waals surface area contributed by atoms with E-state index in [9.17, 15) is 13.2 Å². The highest BCUT2D eigenvalue weighted by atomic mass is 32.2. The van der Waals surface area contributed by atoms with Crippen molar-refractivity contribution in [3.63, 3.8) is 0 Å². The smallest absolute Gasteiger partial charge is 0.411 e. The molecule has 7 nitrogen and oxygen atoms in total. The van der Waals surface area contributed by atoms with Gasteiger partial charge in [-0.1, -0.05) is 0 Å². The molecule has 0 atom stereocenters. The first kappa shape index (κ1) is 13.3. The lowest BCUT2D eigenvalue weighted by Gasteiger charge is -2.09. The summed E-state index contributed by atoms with van der Waals surface area (Å²) >= 11 is 0. The molecule has 0 spiro atoms.